The van der Waals surface area contributed by atoms with Gasteiger partial charge in [-0.15, -0.1) is 0 Å². The molecule has 19 heavy (non-hydrogen) atoms. The molecule has 1 saturated heterocycles. The minimum Gasteiger partial charge on any atom is -0.375 e. The summed E-state index contributed by atoms with van der Waals surface area (Å²) in [6.07, 6.45) is 1.15. The van der Waals surface area contributed by atoms with Crippen molar-refractivity contribution in [3.63, 3.8) is 0 Å². The van der Waals surface area contributed by atoms with Crippen LogP contribution in [0, 0.1) is 6.92 Å². The largest absolute Gasteiger partial charge is 0.375 e. The van der Waals surface area contributed by atoms with Gasteiger partial charge in [0.15, 0.2) is 5.13 Å². The number of hydrogen-bond acceptors (Lipinski definition) is 5. The number of amides is 1. The maximum absolute atomic E-state index is 12.4. The fourth-order valence-electron chi connectivity index (χ4n) is 2.38. The zero-order chi connectivity index (χ0) is 14.0. The number of nitrogens with zero attached hydrogens (tertiary/aromatic N) is 3. The Morgan fingerprint density at radius 1 is 1.42 bits per heavy atom. The molecule has 2 rings (SSSR count). The van der Waals surface area contributed by atoms with E-state index in [1.165, 1.54) is 11.3 Å². The molecular formula is C13H22N4OS. The number of aromatic nitrogens is 1. The molecule has 1 aliphatic rings. The molecule has 0 aliphatic carbocycles. The molecule has 2 N–H and O–H groups in total. The van der Waals surface area contributed by atoms with Crippen molar-refractivity contribution in [2.24, 2.45) is 0 Å². The van der Waals surface area contributed by atoms with E-state index in [0.29, 0.717) is 16.1 Å². The number of hydrogen-bond donors (Lipinski definition) is 1. The highest BCUT2D eigenvalue weighted by Crippen LogP contribution is 2.22. The average molecular weight is 282 g/mol. The van der Waals surface area contributed by atoms with Crippen LogP contribution in [0.2, 0.25) is 0 Å². The summed E-state index contributed by atoms with van der Waals surface area (Å²) in [7, 11) is 0. The summed E-state index contributed by atoms with van der Waals surface area (Å²) < 4.78 is 0. The third kappa shape index (κ3) is 3.06. The monoisotopic (exact) mass is 282 g/mol. The molecule has 0 spiro atoms. The van der Waals surface area contributed by atoms with Crippen LogP contribution in [0.1, 0.15) is 35.6 Å². The quantitative estimate of drug-likeness (QED) is 0.914. The van der Waals surface area contributed by atoms with Crippen LogP contribution in [0.4, 0.5) is 5.13 Å². The molecule has 0 radical (unpaired) electrons. The predicted octanol–water partition coefficient (Wildman–Crippen LogP) is 1.59. The summed E-state index contributed by atoms with van der Waals surface area (Å²) in [6, 6.07) is 0.595. The van der Waals surface area contributed by atoms with Gasteiger partial charge in [0.2, 0.25) is 0 Å². The van der Waals surface area contributed by atoms with Crippen molar-refractivity contribution < 1.29 is 4.79 Å². The number of anilines is 1. The van der Waals surface area contributed by atoms with Gasteiger partial charge in [-0.05, 0) is 20.3 Å². The van der Waals surface area contributed by atoms with Gasteiger partial charge in [0.25, 0.3) is 5.91 Å². The standard InChI is InChI=1S/C13H22N4OS/c1-4-9(2)16-5-7-17(8-6-16)12(18)11-10(3)15-13(14)19-11/h9H,4-8H2,1-3H3,(H2,14,15). The number of nitrogens with two attached hydrogens (primary N) is 1. The smallest absolute Gasteiger partial charge is 0.266 e. The summed E-state index contributed by atoms with van der Waals surface area (Å²) in [5.74, 6) is 0.0792. The highest BCUT2D eigenvalue weighted by Gasteiger charge is 2.26. The molecule has 5 nitrogen and oxygen atoms in total. The van der Waals surface area contributed by atoms with E-state index in [9.17, 15) is 4.79 Å². The van der Waals surface area contributed by atoms with Gasteiger partial charge in [0.1, 0.15) is 4.88 Å². The summed E-state index contributed by atoms with van der Waals surface area (Å²) in [5, 5.41) is 0.471. The maximum Gasteiger partial charge on any atom is 0.266 e. The zero-order valence-electron chi connectivity index (χ0n) is 11.8. The Morgan fingerprint density at radius 3 is 2.53 bits per heavy atom. The van der Waals surface area contributed by atoms with E-state index in [2.05, 4.69) is 23.7 Å². The molecule has 1 amide bonds. The second kappa shape index (κ2) is 5.88. The molecule has 1 aromatic rings. The van der Waals surface area contributed by atoms with E-state index in [1.54, 1.807) is 0 Å². The number of nitrogen functional groups attached to an aromatic ring is 1. The second-order valence-electron chi connectivity index (χ2n) is 5.05. The average Bonchev–Trinajstić information content (AvgIpc) is 2.76. The lowest BCUT2D eigenvalue weighted by Gasteiger charge is -2.37. The van der Waals surface area contributed by atoms with E-state index in [4.69, 9.17) is 5.73 Å². The zero-order valence-corrected chi connectivity index (χ0v) is 12.7. The van der Waals surface area contributed by atoms with E-state index in [-0.39, 0.29) is 5.91 Å². The number of aryl methyl sites for hydroxylation is 1. The van der Waals surface area contributed by atoms with Gasteiger partial charge in [-0.2, -0.15) is 0 Å². The number of piperazine rings is 1. The van der Waals surface area contributed by atoms with Crippen molar-refractivity contribution in [1.29, 1.82) is 0 Å². The van der Waals surface area contributed by atoms with Crippen molar-refractivity contribution >= 4 is 22.4 Å². The van der Waals surface area contributed by atoms with Gasteiger partial charge in [0.05, 0.1) is 5.69 Å². The van der Waals surface area contributed by atoms with Crippen molar-refractivity contribution in [3.8, 4) is 0 Å². The number of carbonyl (C=O) groups excluding carboxylic acids is 1. The van der Waals surface area contributed by atoms with E-state index < -0.39 is 0 Å². The van der Waals surface area contributed by atoms with Crippen LogP contribution >= 0.6 is 11.3 Å². The molecule has 0 bridgehead atoms. The summed E-state index contributed by atoms with van der Waals surface area (Å²) >= 11 is 1.29. The molecule has 2 heterocycles. The van der Waals surface area contributed by atoms with Gasteiger partial charge in [-0.1, -0.05) is 18.3 Å². The topological polar surface area (TPSA) is 62.5 Å². The molecule has 1 fully saturated rings. The first kappa shape index (κ1) is 14.3. The van der Waals surface area contributed by atoms with Gasteiger partial charge in [0, 0.05) is 32.2 Å². The molecule has 106 valence electrons. The third-order valence-electron chi connectivity index (χ3n) is 3.82. The molecule has 1 aromatic heterocycles. The minimum absolute atomic E-state index is 0.0792. The molecule has 1 atom stereocenters. The van der Waals surface area contributed by atoms with Crippen LogP contribution in [0.15, 0.2) is 0 Å². The second-order valence-corrected chi connectivity index (χ2v) is 6.08. The Balaban J connectivity index is 1.98. The third-order valence-corrected chi connectivity index (χ3v) is 4.80. The molecule has 6 heteroatoms. The lowest BCUT2D eigenvalue weighted by Crippen LogP contribution is -2.51. The first-order chi connectivity index (χ1) is 9.02. The minimum atomic E-state index is 0.0792. The number of carbonyl (C=O) groups is 1. The Hall–Kier alpha value is -1.14. The molecule has 1 unspecified atom stereocenters. The van der Waals surface area contributed by atoms with Gasteiger partial charge in [-0.25, -0.2) is 4.98 Å². The molecule has 1 aliphatic heterocycles. The predicted molar refractivity (Wildman–Crippen MR) is 78.5 cm³/mol. The van der Waals surface area contributed by atoms with Crippen molar-refractivity contribution in [3.05, 3.63) is 10.6 Å². The first-order valence-corrected chi connectivity index (χ1v) is 7.60. The van der Waals surface area contributed by atoms with Crippen LogP contribution < -0.4 is 5.73 Å². The number of thiazole rings is 1. The van der Waals surface area contributed by atoms with Crippen molar-refractivity contribution in [1.82, 2.24) is 14.8 Å². The summed E-state index contributed by atoms with van der Waals surface area (Å²) in [5.41, 5.74) is 6.40. The van der Waals surface area contributed by atoms with E-state index >= 15 is 0 Å². The molecule has 0 saturated carbocycles. The first-order valence-electron chi connectivity index (χ1n) is 6.79. The molecule has 0 aromatic carbocycles. The SMILES string of the molecule is CCC(C)N1CCN(C(=O)c2sc(N)nc2C)CC1. The van der Waals surface area contributed by atoms with Crippen molar-refractivity contribution in [2.45, 2.75) is 33.2 Å². The highest BCUT2D eigenvalue weighted by atomic mass is 32.1. The highest BCUT2D eigenvalue weighted by molar-refractivity contribution is 7.17. The van der Waals surface area contributed by atoms with Gasteiger partial charge >= 0.3 is 0 Å². The van der Waals surface area contributed by atoms with Gasteiger partial charge < -0.3 is 10.6 Å². The van der Waals surface area contributed by atoms with Crippen LogP contribution in [-0.4, -0.2) is 52.9 Å². The molecular weight excluding hydrogens is 260 g/mol. The summed E-state index contributed by atoms with van der Waals surface area (Å²) in [4.78, 5) is 21.6. The van der Waals surface area contributed by atoms with E-state index in [1.807, 2.05) is 11.8 Å². The van der Waals surface area contributed by atoms with E-state index in [0.717, 1.165) is 38.3 Å². The Labute approximate surface area is 118 Å². The summed E-state index contributed by atoms with van der Waals surface area (Å²) in [6.45, 7) is 9.77. The van der Waals surface area contributed by atoms with Crippen LogP contribution in [0.5, 0.6) is 0 Å². The lowest BCUT2D eigenvalue weighted by molar-refractivity contribution is 0.0583. The normalized spacial score (nSPS) is 18.6. The maximum atomic E-state index is 12.4. The lowest BCUT2D eigenvalue weighted by atomic mass is 10.2. The van der Waals surface area contributed by atoms with Crippen LogP contribution in [0.3, 0.4) is 0 Å². The van der Waals surface area contributed by atoms with Crippen LogP contribution in [-0.2, 0) is 0 Å². The van der Waals surface area contributed by atoms with Crippen molar-refractivity contribution in [2.75, 3.05) is 31.9 Å². The van der Waals surface area contributed by atoms with Crippen LogP contribution in [0.25, 0.3) is 0 Å². The number of rotatable bonds is 3. The Bertz CT molecular complexity index is 451. The Kier molecular flexibility index (Phi) is 4.42. The fraction of sp³-hybridized carbons (Fsp3) is 0.692. The Morgan fingerprint density at radius 2 is 2.05 bits per heavy atom. The fourth-order valence-corrected chi connectivity index (χ4v) is 3.18. The van der Waals surface area contributed by atoms with Gasteiger partial charge in [-0.3, -0.25) is 9.69 Å².